The highest BCUT2D eigenvalue weighted by atomic mass is 32.2. The summed E-state index contributed by atoms with van der Waals surface area (Å²) in [5, 5.41) is 2.13. The fourth-order valence-electron chi connectivity index (χ4n) is 2.35. The summed E-state index contributed by atoms with van der Waals surface area (Å²) >= 11 is 5.17. The van der Waals surface area contributed by atoms with Crippen LogP contribution in [-0.2, 0) is 6.54 Å². The van der Waals surface area contributed by atoms with Crippen LogP contribution in [-0.4, -0.2) is 27.2 Å². The smallest absolute Gasteiger partial charge is 0.176 e. The van der Waals surface area contributed by atoms with Crippen LogP contribution in [0, 0.1) is 0 Å². The summed E-state index contributed by atoms with van der Waals surface area (Å²) in [7, 11) is 0. The zero-order valence-electron chi connectivity index (χ0n) is 11.5. The van der Waals surface area contributed by atoms with Crippen LogP contribution < -0.4 is 4.90 Å². The van der Waals surface area contributed by atoms with Gasteiger partial charge in [0.1, 0.15) is 11.0 Å². The average molecular weight is 334 g/mol. The molecule has 0 bridgehead atoms. The van der Waals surface area contributed by atoms with E-state index in [9.17, 15) is 0 Å². The van der Waals surface area contributed by atoms with Crippen LogP contribution in [0.15, 0.2) is 28.2 Å². The molecule has 0 aromatic carbocycles. The summed E-state index contributed by atoms with van der Waals surface area (Å²) in [6.07, 6.45) is 6.20. The van der Waals surface area contributed by atoms with Gasteiger partial charge in [-0.15, -0.1) is 22.7 Å². The van der Waals surface area contributed by atoms with Crippen molar-refractivity contribution in [1.29, 1.82) is 0 Å². The van der Waals surface area contributed by atoms with Gasteiger partial charge in [-0.3, -0.25) is 0 Å². The van der Waals surface area contributed by atoms with E-state index in [4.69, 9.17) is 0 Å². The summed E-state index contributed by atoms with van der Waals surface area (Å²) < 4.78 is 2.17. The SMILES string of the molecule is CSc1nc2ncnc(N(Cc3cccs3)C3CC3)c2s1. The van der Waals surface area contributed by atoms with Gasteiger partial charge in [0.05, 0.1) is 6.54 Å². The highest BCUT2D eigenvalue weighted by Crippen LogP contribution is 2.38. The van der Waals surface area contributed by atoms with Crippen molar-refractivity contribution in [2.24, 2.45) is 0 Å². The average Bonchev–Trinajstić information content (AvgIpc) is 3.05. The summed E-state index contributed by atoms with van der Waals surface area (Å²) in [4.78, 5) is 17.3. The van der Waals surface area contributed by atoms with Gasteiger partial charge in [-0.1, -0.05) is 17.8 Å². The Balaban J connectivity index is 1.76. The lowest BCUT2D eigenvalue weighted by Gasteiger charge is -2.22. The van der Waals surface area contributed by atoms with Gasteiger partial charge in [-0.2, -0.15) is 0 Å². The minimum absolute atomic E-state index is 0.616. The molecule has 0 radical (unpaired) electrons. The van der Waals surface area contributed by atoms with E-state index in [1.165, 1.54) is 17.7 Å². The number of nitrogens with zero attached hydrogens (tertiary/aromatic N) is 4. The van der Waals surface area contributed by atoms with Gasteiger partial charge in [0.25, 0.3) is 0 Å². The zero-order valence-corrected chi connectivity index (χ0v) is 14.0. The molecule has 0 atom stereocenters. The number of hydrogen-bond donors (Lipinski definition) is 0. The lowest BCUT2D eigenvalue weighted by Crippen LogP contribution is -2.25. The summed E-state index contributed by atoms with van der Waals surface area (Å²) in [6.45, 7) is 0.931. The molecule has 0 N–H and O–H groups in total. The normalized spacial score (nSPS) is 14.7. The third-order valence-electron chi connectivity index (χ3n) is 3.49. The fraction of sp³-hybridized carbons (Fsp3) is 0.357. The third kappa shape index (κ3) is 2.65. The molecular weight excluding hydrogens is 320 g/mol. The molecule has 4 rings (SSSR count). The minimum Gasteiger partial charge on any atom is -0.347 e. The quantitative estimate of drug-likeness (QED) is 0.659. The van der Waals surface area contributed by atoms with E-state index in [-0.39, 0.29) is 0 Å². The summed E-state index contributed by atoms with van der Waals surface area (Å²) in [6, 6.07) is 4.92. The minimum atomic E-state index is 0.616. The molecule has 0 aliphatic heterocycles. The van der Waals surface area contributed by atoms with E-state index in [1.807, 2.05) is 0 Å². The molecule has 1 saturated carbocycles. The molecule has 1 aliphatic rings. The number of thioether (sulfide) groups is 1. The number of anilines is 1. The number of hydrogen-bond acceptors (Lipinski definition) is 7. The van der Waals surface area contributed by atoms with Crippen LogP contribution in [0.3, 0.4) is 0 Å². The molecule has 0 spiro atoms. The topological polar surface area (TPSA) is 41.9 Å². The Morgan fingerprint density at radius 3 is 3.00 bits per heavy atom. The Morgan fingerprint density at radius 1 is 1.38 bits per heavy atom. The maximum atomic E-state index is 4.58. The van der Waals surface area contributed by atoms with Crippen LogP contribution >= 0.6 is 34.4 Å². The van der Waals surface area contributed by atoms with E-state index in [0.29, 0.717) is 6.04 Å². The lowest BCUT2D eigenvalue weighted by molar-refractivity contribution is 0.790. The molecule has 0 unspecified atom stereocenters. The summed E-state index contributed by atoms with van der Waals surface area (Å²) in [5.74, 6) is 1.05. The number of thiazole rings is 1. The first kappa shape index (κ1) is 13.5. The van der Waals surface area contributed by atoms with Crippen molar-refractivity contribution in [2.45, 2.75) is 29.8 Å². The second-order valence-corrected chi connectivity index (χ2v) is 8.06. The van der Waals surface area contributed by atoms with Crippen LogP contribution in [0.2, 0.25) is 0 Å². The largest absolute Gasteiger partial charge is 0.347 e. The van der Waals surface area contributed by atoms with Crippen LogP contribution in [0.1, 0.15) is 17.7 Å². The fourth-order valence-corrected chi connectivity index (χ4v) is 4.57. The van der Waals surface area contributed by atoms with E-state index < -0.39 is 0 Å². The molecule has 4 nitrogen and oxygen atoms in total. The van der Waals surface area contributed by atoms with Crippen LogP contribution in [0.5, 0.6) is 0 Å². The second-order valence-electron chi connectivity index (χ2n) is 4.97. The molecule has 3 heterocycles. The van der Waals surface area contributed by atoms with Crippen molar-refractivity contribution in [2.75, 3.05) is 11.2 Å². The highest BCUT2D eigenvalue weighted by molar-refractivity contribution is 8.00. The predicted octanol–water partition coefficient (Wildman–Crippen LogP) is 4.04. The number of fused-ring (bicyclic) bond motifs is 1. The van der Waals surface area contributed by atoms with Crippen molar-refractivity contribution in [1.82, 2.24) is 15.0 Å². The predicted molar refractivity (Wildman–Crippen MR) is 90.5 cm³/mol. The zero-order chi connectivity index (χ0) is 14.2. The molecule has 3 aromatic heterocycles. The molecule has 7 heteroatoms. The molecule has 108 valence electrons. The van der Waals surface area contributed by atoms with Crippen molar-refractivity contribution in [3.05, 3.63) is 28.7 Å². The monoisotopic (exact) mass is 334 g/mol. The Morgan fingerprint density at radius 2 is 2.29 bits per heavy atom. The highest BCUT2D eigenvalue weighted by Gasteiger charge is 2.32. The van der Waals surface area contributed by atoms with E-state index in [0.717, 1.165) is 27.0 Å². The molecule has 1 aliphatic carbocycles. The number of aromatic nitrogens is 3. The molecule has 0 saturated heterocycles. The first-order valence-corrected chi connectivity index (χ1v) is 9.72. The van der Waals surface area contributed by atoms with Crippen molar-refractivity contribution < 1.29 is 0 Å². The standard InChI is InChI=1S/C14H14N4S3/c1-19-14-17-12-11(21-14)13(16-8-15-12)18(9-4-5-9)7-10-3-2-6-20-10/h2-3,6,8-9H,4-5,7H2,1H3. The molecular formula is C14H14N4S3. The van der Waals surface area contributed by atoms with E-state index in [1.54, 1.807) is 40.8 Å². The maximum absolute atomic E-state index is 4.58. The van der Waals surface area contributed by atoms with Gasteiger partial charge in [0.15, 0.2) is 15.8 Å². The van der Waals surface area contributed by atoms with Gasteiger partial charge < -0.3 is 4.90 Å². The Kier molecular flexibility index (Phi) is 3.56. The van der Waals surface area contributed by atoms with Crippen molar-refractivity contribution in [3.63, 3.8) is 0 Å². The van der Waals surface area contributed by atoms with Crippen LogP contribution in [0.25, 0.3) is 10.3 Å². The number of thiophene rings is 1. The van der Waals surface area contributed by atoms with Gasteiger partial charge >= 0.3 is 0 Å². The van der Waals surface area contributed by atoms with Gasteiger partial charge in [0, 0.05) is 10.9 Å². The second kappa shape index (κ2) is 5.55. The number of rotatable bonds is 5. The summed E-state index contributed by atoms with van der Waals surface area (Å²) in [5.41, 5.74) is 0.825. The van der Waals surface area contributed by atoms with Gasteiger partial charge in [-0.25, -0.2) is 15.0 Å². The molecule has 21 heavy (non-hydrogen) atoms. The third-order valence-corrected chi connectivity index (χ3v) is 6.38. The van der Waals surface area contributed by atoms with Crippen molar-refractivity contribution in [3.8, 4) is 0 Å². The first-order chi connectivity index (χ1) is 10.3. The molecule has 0 amide bonds. The van der Waals surface area contributed by atoms with Gasteiger partial charge in [-0.05, 0) is 30.5 Å². The molecule has 1 fully saturated rings. The van der Waals surface area contributed by atoms with Gasteiger partial charge in [0.2, 0.25) is 0 Å². The van der Waals surface area contributed by atoms with E-state index in [2.05, 4.69) is 43.6 Å². The Labute approximate surface area is 135 Å². The van der Waals surface area contributed by atoms with Crippen molar-refractivity contribution >= 4 is 50.6 Å². The first-order valence-electron chi connectivity index (χ1n) is 6.79. The molecule has 3 aromatic rings. The van der Waals surface area contributed by atoms with Crippen LogP contribution in [0.4, 0.5) is 5.82 Å². The lowest BCUT2D eigenvalue weighted by atomic mass is 10.3. The Bertz CT molecular complexity index is 749. The maximum Gasteiger partial charge on any atom is 0.176 e. The van der Waals surface area contributed by atoms with E-state index >= 15 is 0 Å². The Hall–Kier alpha value is -1.18.